The molecule has 2 rings (SSSR count). The number of aryl methyl sites for hydroxylation is 1. The Bertz CT molecular complexity index is 666. The van der Waals surface area contributed by atoms with Crippen molar-refractivity contribution in [2.45, 2.75) is 6.92 Å². The molecule has 1 amide bonds. The number of hydrogen-bond donors (Lipinski definition) is 1. The Kier molecular flexibility index (Phi) is 4.14. The number of methoxy groups -OCH3 is 1. The maximum atomic E-state index is 13.4. The molecule has 0 radical (unpaired) electrons. The molecule has 0 saturated carbocycles. The van der Waals surface area contributed by atoms with Gasteiger partial charge in [0.2, 0.25) is 0 Å². The Balaban J connectivity index is 2.22. The van der Waals surface area contributed by atoms with Gasteiger partial charge in [0.25, 0.3) is 5.91 Å². The summed E-state index contributed by atoms with van der Waals surface area (Å²) in [7, 11) is 1.27. The molecule has 2 aromatic rings. The molecule has 0 unspecified atom stereocenters. The number of thiophene rings is 1. The van der Waals surface area contributed by atoms with Gasteiger partial charge >= 0.3 is 5.97 Å². The molecule has 0 aliphatic carbocycles. The Morgan fingerprint density at radius 2 is 2.05 bits per heavy atom. The maximum absolute atomic E-state index is 13.4. The highest BCUT2D eigenvalue weighted by atomic mass is 32.1. The van der Waals surface area contributed by atoms with Gasteiger partial charge in [0.05, 0.1) is 12.8 Å². The first kappa shape index (κ1) is 14.2. The van der Waals surface area contributed by atoms with Gasteiger partial charge in [-0.05, 0) is 36.1 Å². The number of benzene rings is 1. The second-order valence-corrected chi connectivity index (χ2v) is 4.99. The van der Waals surface area contributed by atoms with Crippen LogP contribution in [0.4, 0.5) is 10.1 Å². The van der Waals surface area contributed by atoms with Gasteiger partial charge in [0.15, 0.2) is 0 Å². The smallest absolute Gasteiger partial charge is 0.350 e. The van der Waals surface area contributed by atoms with Crippen LogP contribution in [0.25, 0.3) is 0 Å². The van der Waals surface area contributed by atoms with Gasteiger partial charge in [-0.1, -0.05) is 6.07 Å². The number of rotatable bonds is 3. The molecule has 1 aromatic carbocycles. The summed E-state index contributed by atoms with van der Waals surface area (Å²) >= 11 is 1.16. The first-order chi connectivity index (χ1) is 9.52. The Morgan fingerprint density at radius 3 is 2.70 bits per heavy atom. The first-order valence-corrected chi connectivity index (χ1v) is 6.64. The lowest BCUT2D eigenvalue weighted by atomic mass is 10.1. The van der Waals surface area contributed by atoms with E-state index in [-0.39, 0.29) is 5.56 Å². The van der Waals surface area contributed by atoms with Crippen LogP contribution in [0.2, 0.25) is 0 Å². The van der Waals surface area contributed by atoms with E-state index in [0.717, 1.165) is 17.4 Å². The number of anilines is 1. The van der Waals surface area contributed by atoms with Gasteiger partial charge in [0, 0.05) is 5.56 Å². The van der Waals surface area contributed by atoms with Crippen molar-refractivity contribution in [1.29, 1.82) is 0 Å². The molecule has 0 bridgehead atoms. The predicted molar refractivity (Wildman–Crippen MR) is 74.7 cm³/mol. The largest absolute Gasteiger partial charge is 0.465 e. The third-order valence-electron chi connectivity index (χ3n) is 2.72. The zero-order chi connectivity index (χ0) is 14.7. The molecule has 6 heteroatoms. The van der Waals surface area contributed by atoms with E-state index in [4.69, 9.17) is 0 Å². The van der Waals surface area contributed by atoms with E-state index in [1.165, 1.54) is 19.2 Å². The molecule has 0 aliphatic heterocycles. The first-order valence-electron chi connectivity index (χ1n) is 5.76. The minimum atomic E-state index is -0.523. The van der Waals surface area contributed by atoms with Crippen LogP contribution < -0.4 is 5.32 Å². The van der Waals surface area contributed by atoms with Crippen molar-refractivity contribution >= 4 is 28.9 Å². The lowest BCUT2D eigenvalue weighted by Gasteiger charge is -2.06. The number of esters is 1. The van der Waals surface area contributed by atoms with Crippen LogP contribution in [-0.2, 0) is 4.74 Å². The SMILES string of the molecule is COC(=O)c1sccc1NC(=O)c1ccc(C)c(F)c1. The molecule has 1 heterocycles. The topological polar surface area (TPSA) is 55.4 Å². The van der Waals surface area contributed by atoms with E-state index in [1.54, 1.807) is 18.4 Å². The van der Waals surface area contributed by atoms with Crippen molar-refractivity contribution in [2.75, 3.05) is 12.4 Å². The number of ether oxygens (including phenoxy) is 1. The normalized spacial score (nSPS) is 10.2. The van der Waals surface area contributed by atoms with Crippen LogP contribution in [0.3, 0.4) is 0 Å². The zero-order valence-electron chi connectivity index (χ0n) is 10.9. The van der Waals surface area contributed by atoms with Crippen molar-refractivity contribution in [2.24, 2.45) is 0 Å². The summed E-state index contributed by atoms with van der Waals surface area (Å²) in [6.07, 6.45) is 0. The van der Waals surface area contributed by atoms with E-state index >= 15 is 0 Å². The standard InChI is InChI=1S/C14H12FNO3S/c1-8-3-4-9(7-10(8)15)13(17)16-11-5-6-20-12(11)14(18)19-2/h3-7H,1-2H3,(H,16,17). The van der Waals surface area contributed by atoms with E-state index in [2.05, 4.69) is 10.1 Å². The molecule has 104 valence electrons. The van der Waals surface area contributed by atoms with Gasteiger partial charge in [-0.25, -0.2) is 9.18 Å². The lowest BCUT2D eigenvalue weighted by Crippen LogP contribution is -2.14. The Labute approximate surface area is 119 Å². The van der Waals surface area contributed by atoms with Crippen LogP contribution in [-0.4, -0.2) is 19.0 Å². The van der Waals surface area contributed by atoms with Crippen LogP contribution in [0, 0.1) is 12.7 Å². The van der Waals surface area contributed by atoms with Gasteiger partial charge in [-0.15, -0.1) is 11.3 Å². The van der Waals surface area contributed by atoms with Crippen molar-refractivity contribution in [3.8, 4) is 0 Å². The summed E-state index contributed by atoms with van der Waals surface area (Å²) in [6.45, 7) is 1.62. The van der Waals surface area contributed by atoms with Crippen LogP contribution in [0.1, 0.15) is 25.6 Å². The molecule has 0 fully saturated rings. The quantitative estimate of drug-likeness (QED) is 0.884. The number of nitrogens with one attached hydrogen (secondary N) is 1. The summed E-state index contributed by atoms with van der Waals surface area (Å²) in [5.41, 5.74) is 1.01. The zero-order valence-corrected chi connectivity index (χ0v) is 11.7. The minimum absolute atomic E-state index is 0.190. The van der Waals surface area contributed by atoms with E-state index in [0.29, 0.717) is 16.1 Å². The molecule has 4 nitrogen and oxygen atoms in total. The molecule has 20 heavy (non-hydrogen) atoms. The molecule has 0 saturated heterocycles. The van der Waals surface area contributed by atoms with Crippen molar-refractivity contribution in [3.63, 3.8) is 0 Å². The second kappa shape index (κ2) is 5.83. The molecular formula is C14H12FNO3S. The number of halogens is 1. The average Bonchev–Trinajstić information content (AvgIpc) is 2.89. The third kappa shape index (κ3) is 2.85. The highest BCUT2D eigenvalue weighted by Crippen LogP contribution is 2.24. The Morgan fingerprint density at radius 1 is 1.30 bits per heavy atom. The van der Waals surface area contributed by atoms with E-state index < -0.39 is 17.7 Å². The van der Waals surface area contributed by atoms with Crippen LogP contribution in [0.5, 0.6) is 0 Å². The molecule has 1 N–H and O–H groups in total. The fourth-order valence-corrected chi connectivity index (χ4v) is 2.35. The van der Waals surface area contributed by atoms with Gasteiger partial charge in [0.1, 0.15) is 10.7 Å². The highest BCUT2D eigenvalue weighted by molar-refractivity contribution is 7.12. The van der Waals surface area contributed by atoms with Crippen molar-refractivity contribution in [1.82, 2.24) is 0 Å². The van der Waals surface area contributed by atoms with E-state index in [1.807, 2.05) is 0 Å². The summed E-state index contributed by atoms with van der Waals surface area (Å²) < 4.78 is 18.0. The lowest BCUT2D eigenvalue weighted by molar-refractivity contribution is 0.0607. The maximum Gasteiger partial charge on any atom is 0.350 e. The molecule has 0 spiro atoms. The second-order valence-electron chi connectivity index (χ2n) is 4.07. The Hall–Kier alpha value is -2.21. The number of amides is 1. The number of carbonyl (C=O) groups is 2. The molecular weight excluding hydrogens is 281 g/mol. The monoisotopic (exact) mass is 293 g/mol. The summed E-state index contributed by atoms with van der Waals surface area (Å²) in [5.74, 6) is -1.45. The van der Waals surface area contributed by atoms with Gasteiger partial charge in [-0.3, -0.25) is 4.79 Å². The van der Waals surface area contributed by atoms with Gasteiger partial charge in [-0.2, -0.15) is 0 Å². The fraction of sp³-hybridized carbons (Fsp3) is 0.143. The third-order valence-corrected chi connectivity index (χ3v) is 3.61. The number of hydrogen-bond acceptors (Lipinski definition) is 4. The molecule has 0 aliphatic rings. The molecule has 1 aromatic heterocycles. The minimum Gasteiger partial charge on any atom is -0.465 e. The van der Waals surface area contributed by atoms with Crippen LogP contribution in [0.15, 0.2) is 29.6 Å². The number of carbonyl (C=O) groups excluding carboxylic acids is 2. The van der Waals surface area contributed by atoms with Gasteiger partial charge < -0.3 is 10.1 Å². The molecule has 0 atom stereocenters. The van der Waals surface area contributed by atoms with E-state index in [9.17, 15) is 14.0 Å². The average molecular weight is 293 g/mol. The fourth-order valence-electron chi connectivity index (χ4n) is 1.59. The van der Waals surface area contributed by atoms with Crippen LogP contribution >= 0.6 is 11.3 Å². The van der Waals surface area contributed by atoms with Crippen molar-refractivity contribution < 1.29 is 18.7 Å². The summed E-state index contributed by atoms with van der Waals surface area (Å²) in [5, 5.41) is 4.24. The highest BCUT2D eigenvalue weighted by Gasteiger charge is 2.16. The summed E-state index contributed by atoms with van der Waals surface area (Å²) in [4.78, 5) is 23.8. The summed E-state index contributed by atoms with van der Waals surface area (Å²) in [6, 6.07) is 5.81. The predicted octanol–water partition coefficient (Wildman–Crippen LogP) is 3.23. The van der Waals surface area contributed by atoms with Crippen molar-refractivity contribution in [3.05, 3.63) is 51.5 Å².